The van der Waals surface area contributed by atoms with Crippen LogP contribution in [-0.4, -0.2) is 42.5 Å². The molecule has 0 amide bonds. The Morgan fingerprint density at radius 1 is 1.17 bits per heavy atom. The van der Waals surface area contributed by atoms with E-state index in [1.807, 2.05) is 25.1 Å². The quantitative estimate of drug-likeness (QED) is 0.218. The van der Waals surface area contributed by atoms with Gasteiger partial charge in [-0.25, -0.2) is 0 Å². The predicted molar refractivity (Wildman–Crippen MR) is 131 cm³/mol. The summed E-state index contributed by atoms with van der Waals surface area (Å²) >= 11 is 0. The molecule has 7 heteroatoms. The Bertz CT molecular complexity index is 732. The molecule has 1 aromatic carbocycles. The van der Waals surface area contributed by atoms with Crippen molar-refractivity contribution in [3.05, 3.63) is 53.3 Å². The Hall–Kier alpha value is -1.61. The molecule has 0 saturated carbocycles. The second-order valence-electron chi connectivity index (χ2n) is 7.37. The van der Waals surface area contributed by atoms with E-state index in [1.54, 1.807) is 7.05 Å². The SMILES string of the molecule is CN=C(NCCCOC(C)c1ccccc1)NCC(C)Cn1nc(C)cc1C.I. The van der Waals surface area contributed by atoms with E-state index < -0.39 is 0 Å². The van der Waals surface area contributed by atoms with Crippen molar-refractivity contribution in [2.45, 2.75) is 46.8 Å². The minimum absolute atomic E-state index is 0. The average Bonchev–Trinajstić information content (AvgIpc) is 3.01. The molecular formula is C22H36IN5O. The smallest absolute Gasteiger partial charge is 0.190 e. The lowest BCUT2D eigenvalue weighted by Crippen LogP contribution is -2.40. The summed E-state index contributed by atoms with van der Waals surface area (Å²) in [6.45, 7) is 11.7. The number of rotatable bonds is 10. The molecule has 2 rings (SSSR count). The molecule has 2 unspecified atom stereocenters. The van der Waals surface area contributed by atoms with Crippen LogP contribution in [0.4, 0.5) is 0 Å². The van der Waals surface area contributed by atoms with Gasteiger partial charge in [-0.1, -0.05) is 37.3 Å². The fourth-order valence-electron chi connectivity index (χ4n) is 3.07. The number of aromatic nitrogens is 2. The van der Waals surface area contributed by atoms with Gasteiger partial charge in [-0.15, -0.1) is 24.0 Å². The van der Waals surface area contributed by atoms with Crippen molar-refractivity contribution in [2.24, 2.45) is 10.9 Å². The van der Waals surface area contributed by atoms with Crippen LogP contribution in [0, 0.1) is 19.8 Å². The summed E-state index contributed by atoms with van der Waals surface area (Å²) in [5.74, 6) is 1.28. The Morgan fingerprint density at radius 2 is 1.90 bits per heavy atom. The number of nitrogens with zero attached hydrogens (tertiary/aromatic N) is 3. The van der Waals surface area contributed by atoms with Crippen LogP contribution in [0.25, 0.3) is 0 Å². The molecule has 6 nitrogen and oxygen atoms in total. The first-order chi connectivity index (χ1) is 13.5. The van der Waals surface area contributed by atoms with Crippen molar-refractivity contribution in [1.82, 2.24) is 20.4 Å². The molecule has 0 saturated heterocycles. The number of aliphatic imine (C=N–C) groups is 1. The zero-order valence-electron chi connectivity index (χ0n) is 18.3. The van der Waals surface area contributed by atoms with Gasteiger partial charge < -0.3 is 15.4 Å². The van der Waals surface area contributed by atoms with E-state index in [4.69, 9.17) is 4.74 Å². The summed E-state index contributed by atoms with van der Waals surface area (Å²) in [5.41, 5.74) is 3.49. The van der Waals surface area contributed by atoms with Crippen LogP contribution in [0.15, 0.2) is 41.4 Å². The van der Waals surface area contributed by atoms with E-state index in [2.05, 4.69) is 64.4 Å². The monoisotopic (exact) mass is 513 g/mol. The zero-order chi connectivity index (χ0) is 20.4. The second-order valence-corrected chi connectivity index (χ2v) is 7.37. The molecule has 0 aliphatic carbocycles. The molecule has 0 bridgehead atoms. The molecule has 0 aliphatic heterocycles. The minimum atomic E-state index is 0. The van der Waals surface area contributed by atoms with Gasteiger partial charge in [0.25, 0.3) is 0 Å². The first-order valence-electron chi connectivity index (χ1n) is 10.1. The number of hydrogen-bond acceptors (Lipinski definition) is 3. The molecule has 0 aliphatic rings. The standard InChI is InChI=1S/C22H35N5O.HI/c1-17(16-27-19(3)14-18(2)26-27)15-25-22(23-5)24-12-9-13-28-20(4)21-10-7-6-8-11-21;/h6-8,10-11,14,17,20H,9,12-13,15-16H2,1-5H3,(H2,23,24,25);1H. The predicted octanol–water partition coefficient (Wildman–Crippen LogP) is 4.09. The van der Waals surface area contributed by atoms with Crippen molar-refractivity contribution >= 4 is 29.9 Å². The van der Waals surface area contributed by atoms with Gasteiger partial charge in [0.15, 0.2) is 5.96 Å². The van der Waals surface area contributed by atoms with Crippen LogP contribution in [0.3, 0.4) is 0 Å². The van der Waals surface area contributed by atoms with Gasteiger partial charge in [-0.05, 0) is 44.7 Å². The van der Waals surface area contributed by atoms with E-state index >= 15 is 0 Å². The van der Waals surface area contributed by atoms with Gasteiger partial charge in [0.2, 0.25) is 0 Å². The van der Waals surface area contributed by atoms with E-state index in [1.165, 1.54) is 11.3 Å². The Kier molecular flexibility index (Phi) is 11.9. The number of hydrogen-bond donors (Lipinski definition) is 2. The van der Waals surface area contributed by atoms with Crippen LogP contribution >= 0.6 is 24.0 Å². The summed E-state index contributed by atoms with van der Waals surface area (Å²) in [5, 5.41) is 11.3. The third-order valence-electron chi connectivity index (χ3n) is 4.68. The summed E-state index contributed by atoms with van der Waals surface area (Å²) in [6.07, 6.45) is 1.05. The number of guanidine groups is 1. The molecule has 162 valence electrons. The lowest BCUT2D eigenvalue weighted by molar-refractivity contribution is 0.0646. The van der Waals surface area contributed by atoms with Gasteiger partial charge >= 0.3 is 0 Å². The Balaban J connectivity index is 0.00000420. The number of halogens is 1. The average molecular weight is 513 g/mol. The maximum absolute atomic E-state index is 5.91. The van der Waals surface area contributed by atoms with Crippen molar-refractivity contribution in [2.75, 3.05) is 26.7 Å². The van der Waals surface area contributed by atoms with E-state index in [9.17, 15) is 0 Å². The molecule has 1 heterocycles. The molecule has 0 spiro atoms. The molecule has 1 aromatic heterocycles. The van der Waals surface area contributed by atoms with E-state index in [0.717, 1.165) is 37.7 Å². The third kappa shape index (κ3) is 9.16. The highest BCUT2D eigenvalue weighted by Crippen LogP contribution is 2.15. The van der Waals surface area contributed by atoms with Gasteiger partial charge in [-0.2, -0.15) is 5.10 Å². The van der Waals surface area contributed by atoms with E-state index in [0.29, 0.717) is 12.5 Å². The molecule has 29 heavy (non-hydrogen) atoms. The Morgan fingerprint density at radius 3 is 2.52 bits per heavy atom. The highest BCUT2D eigenvalue weighted by atomic mass is 127. The largest absolute Gasteiger partial charge is 0.374 e. The molecule has 2 aromatic rings. The van der Waals surface area contributed by atoms with Crippen LogP contribution < -0.4 is 10.6 Å². The van der Waals surface area contributed by atoms with Crippen LogP contribution in [0.2, 0.25) is 0 Å². The summed E-state index contributed by atoms with van der Waals surface area (Å²) in [7, 11) is 1.80. The first-order valence-corrected chi connectivity index (χ1v) is 10.1. The first kappa shape index (κ1) is 25.4. The van der Waals surface area contributed by atoms with Gasteiger partial charge in [0, 0.05) is 39.0 Å². The number of benzene rings is 1. The minimum Gasteiger partial charge on any atom is -0.374 e. The maximum Gasteiger partial charge on any atom is 0.190 e. The van der Waals surface area contributed by atoms with Gasteiger partial charge in [0.1, 0.15) is 0 Å². The third-order valence-corrected chi connectivity index (χ3v) is 4.68. The van der Waals surface area contributed by atoms with E-state index in [-0.39, 0.29) is 30.1 Å². The van der Waals surface area contributed by atoms with Crippen LogP contribution in [0.1, 0.15) is 43.3 Å². The fourth-order valence-corrected chi connectivity index (χ4v) is 3.07. The second kappa shape index (κ2) is 13.6. The normalized spacial score (nSPS) is 13.5. The van der Waals surface area contributed by atoms with Gasteiger partial charge in [-0.3, -0.25) is 9.67 Å². The molecular weight excluding hydrogens is 477 g/mol. The van der Waals surface area contributed by atoms with Crippen molar-refractivity contribution in [3.63, 3.8) is 0 Å². The summed E-state index contributed by atoms with van der Waals surface area (Å²) < 4.78 is 7.98. The van der Waals surface area contributed by atoms with Crippen LogP contribution in [-0.2, 0) is 11.3 Å². The van der Waals surface area contributed by atoms with Crippen molar-refractivity contribution in [3.8, 4) is 0 Å². The fraction of sp³-hybridized carbons (Fsp3) is 0.545. The molecule has 2 atom stereocenters. The number of ether oxygens (including phenoxy) is 1. The number of aryl methyl sites for hydroxylation is 2. The van der Waals surface area contributed by atoms with Crippen LogP contribution in [0.5, 0.6) is 0 Å². The zero-order valence-corrected chi connectivity index (χ0v) is 20.6. The van der Waals surface area contributed by atoms with Gasteiger partial charge in [0.05, 0.1) is 11.8 Å². The highest BCUT2D eigenvalue weighted by Gasteiger charge is 2.08. The summed E-state index contributed by atoms with van der Waals surface area (Å²) in [4.78, 5) is 4.30. The topological polar surface area (TPSA) is 63.5 Å². The Labute approximate surface area is 192 Å². The molecule has 2 N–H and O–H groups in total. The molecule has 0 radical (unpaired) electrons. The lowest BCUT2D eigenvalue weighted by Gasteiger charge is -2.17. The van der Waals surface area contributed by atoms with Crippen molar-refractivity contribution in [1.29, 1.82) is 0 Å². The van der Waals surface area contributed by atoms with Crippen molar-refractivity contribution < 1.29 is 4.74 Å². The maximum atomic E-state index is 5.91. The molecule has 0 fully saturated rings. The summed E-state index contributed by atoms with van der Waals surface area (Å²) in [6, 6.07) is 12.4. The highest BCUT2D eigenvalue weighted by molar-refractivity contribution is 14.0. The number of nitrogens with one attached hydrogen (secondary N) is 2. The lowest BCUT2D eigenvalue weighted by atomic mass is 10.1.